The van der Waals surface area contributed by atoms with Crippen LogP contribution in [-0.4, -0.2) is 24.4 Å². The Hall–Kier alpha value is -2.27. The van der Waals surface area contributed by atoms with Gasteiger partial charge >= 0.3 is 0 Å². The molecule has 0 saturated carbocycles. The first-order valence-electron chi connectivity index (χ1n) is 7.69. The van der Waals surface area contributed by atoms with Gasteiger partial charge in [0.05, 0.1) is 5.69 Å². The summed E-state index contributed by atoms with van der Waals surface area (Å²) >= 11 is 0. The molecule has 0 radical (unpaired) electrons. The van der Waals surface area contributed by atoms with Crippen molar-refractivity contribution in [1.82, 2.24) is 4.98 Å². The predicted octanol–water partition coefficient (Wildman–Crippen LogP) is 3.28. The van der Waals surface area contributed by atoms with Crippen LogP contribution in [0.4, 0.5) is 4.39 Å². The van der Waals surface area contributed by atoms with E-state index in [0.29, 0.717) is 11.5 Å². The molecule has 0 amide bonds. The lowest BCUT2D eigenvalue weighted by Gasteiger charge is -2.07. The molecule has 0 aliphatic rings. The second kappa shape index (κ2) is 9.69. The zero-order chi connectivity index (χ0) is 17.2. The molecule has 0 saturated heterocycles. The number of nitrogens with two attached hydrogens (primary N) is 2. The minimum Gasteiger partial charge on any atom is -0.382 e. The topological polar surface area (TPSA) is 77.3 Å². The van der Waals surface area contributed by atoms with Crippen LogP contribution in [-0.2, 0) is 0 Å². The Morgan fingerprint density at radius 2 is 1.83 bits per heavy atom. The summed E-state index contributed by atoms with van der Waals surface area (Å²) in [5, 5.41) is 0. The lowest BCUT2D eigenvalue weighted by Crippen LogP contribution is -2.16. The SMILES string of the molecule is CCCCN.CN=C(N)c1nc(-c2ccc(F)cc2)ccc1C. The Bertz CT molecular complexity index is 634. The highest BCUT2D eigenvalue weighted by Gasteiger charge is 2.07. The van der Waals surface area contributed by atoms with Gasteiger partial charge in [-0.15, -0.1) is 0 Å². The fourth-order valence-corrected chi connectivity index (χ4v) is 1.88. The number of hydrogen-bond donors (Lipinski definition) is 2. The molecule has 0 aliphatic heterocycles. The monoisotopic (exact) mass is 316 g/mol. The molecule has 1 aromatic heterocycles. The van der Waals surface area contributed by atoms with Crippen molar-refractivity contribution in [3.63, 3.8) is 0 Å². The van der Waals surface area contributed by atoms with Crippen LogP contribution >= 0.6 is 0 Å². The van der Waals surface area contributed by atoms with Gasteiger partial charge in [0.15, 0.2) is 0 Å². The Kier molecular flexibility index (Phi) is 7.91. The van der Waals surface area contributed by atoms with Gasteiger partial charge in [-0.2, -0.15) is 0 Å². The smallest absolute Gasteiger partial charge is 0.144 e. The standard InChI is InChI=1S/C14H14FN3.C4H11N/c1-9-3-8-12(18-13(9)14(16)17-2)10-4-6-11(15)7-5-10;1-2-3-4-5/h3-8H,1-2H3,(H2,16,17);2-5H2,1H3. The second-order valence-corrected chi connectivity index (χ2v) is 5.12. The molecule has 1 heterocycles. The molecule has 23 heavy (non-hydrogen) atoms. The van der Waals surface area contributed by atoms with Gasteiger partial charge in [-0.1, -0.05) is 19.4 Å². The van der Waals surface area contributed by atoms with Crippen LogP contribution in [0.25, 0.3) is 11.3 Å². The van der Waals surface area contributed by atoms with Crippen molar-refractivity contribution >= 4 is 5.84 Å². The number of unbranched alkanes of at least 4 members (excludes halogenated alkanes) is 1. The normalized spacial score (nSPS) is 10.9. The van der Waals surface area contributed by atoms with E-state index in [0.717, 1.165) is 23.4 Å². The van der Waals surface area contributed by atoms with E-state index >= 15 is 0 Å². The molecule has 0 spiro atoms. The van der Waals surface area contributed by atoms with Crippen LogP contribution in [0.1, 0.15) is 31.0 Å². The molecule has 1 aromatic carbocycles. The Balaban J connectivity index is 0.000000463. The zero-order valence-corrected chi connectivity index (χ0v) is 14.0. The molecule has 0 atom stereocenters. The van der Waals surface area contributed by atoms with E-state index in [1.165, 1.54) is 25.0 Å². The van der Waals surface area contributed by atoms with Gasteiger partial charge in [-0.05, 0) is 55.8 Å². The average Bonchev–Trinajstić information content (AvgIpc) is 2.57. The van der Waals surface area contributed by atoms with Gasteiger partial charge in [0, 0.05) is 12.6 Å². The van der Waals surface area contributed by atoms with Gasteiger partial charge in [0.25, 0.3) is 0 Å². The van der Waals surface area contributed by atoms with Crippen molar-refractivity contribution in [2.45, 2.75) is 26.7 Å². The fraction of sp³-hybridized carbons (Fsp3) is 0.333. The molecule has 0 fully saturated rings. The first kappa shape index (κ1) is 18.8. The quantitative estimate of drug-likeness (QED) is 0.671. The molecule has 2 rings (SSSR count). The minimum atomic E-state index is -0.263. The number of aliphatic imine (C=N–C) groups is 1. The van der Waals surface area contributed by atoms with Crippen molar-refractivity contribution in [2.24, 2.45) is 16.5 Å². The van der Waals surface area contributed by atoms with Crippen molar-refractivity contribution < 1.29 is 4.39 Å². The third-order valence-electron chi connectivity index (χ3n) is 3.28. The highest BCUT2D eigenvalue weighted by Crippen LogP contribution is 2.19. The molecule has 2 aromatic rings. The fourth-order valence-electron chi connectivity index (χ4n) is 1.88. The molecule has 124 valence electrons. The van der Waals surface area contributed by atoms with Crippen molar-refractivity contribution in [3.8, 4) is 11.3 Å². The first-order valence-corrected chi connectivity index (χ1v) is 7.69. The van der Waals surface area contributed by atoms with Crippen molar-refractivity contribution in [2.75, 3.05) is 13.6 Å². The summed E-state index contributed by atoms with van der Waals surface area (Å²) < 4.78 is 12.9. The number of aryl methyl sites for hydroxylation is 1. The summed E-state index contributed by atoms with van der Waals surface area (Å²) in [6, 6.07) is 10.0. The molecule has 4 N–H and O–H groups in total. The summed E-state index contributed by atoms with van der Waals surface area (Å²) in [4.78, 5) is 8.41. The number of rotatable bonds is 4. The van der Waals surface area contributed by atoms with E-state index in [1.54, 1.807) is 19.2 Å². The summed E-state index contributed by atoms with van der Waals surface area (Å²) in [6.07, 6.45) is 2.39. The maximum absolute atomic E-state index is 12.9. The number of amidine groups is 1. The largest absolute Gasteiger partial charge is 0.382 e. The van der Waals surface area contributed by atoms with Crippen molar-refractivity contribution in [3.05, 3.63) is 53.5 Å². The predicted molar refractivity (Wildman–Crippen MR) is 95.0 cm³/mol. The van der Waals surface area contributed by atoms with Gasteiger partial charge in [-0.25, -0.2) is 9.37 Å². The molecule has 0 aliphatic carbocycles. The van der Waals surface area contributed by atoms with Gasteiger partial charge in [0.1, 0.15) is 17.3 Å². The van der Waals surface area contributed by atoms with Gasteiger partial charge < -0.3 is 11.5 Å². The highest BCUT2D eigenvalue weighted by atomic mass is 19.1. The molecule has 0 unspecified atom stereocenters. The van der Waals surface area contributed by atoms with E-state index in [4.69, 9.17) is 11.5 Å². The molecule has 0 bridgehead atoms. The van der Waals surface area contributed by atoms with Crippen LogP contribution in [0, 0.1) is 12.7 Å². The molecule has 4 nitrogen and oxygen atoms in total. The zero-order valence-electron chi connectivity index (χ0n) is 14.0. The van der Waals surface area contributed by atoms with E-state index < -0.39 is 0 Å². The average molecular weight is 316 g/mol. The Morgan fingerprint density at radius 3 is 2.30 bits per heavy atom. The first-order chi connectivity index (χ1) is 11.0. The molecular formula is C18H25FN4. The summed E-state index contributed by atoms with van der Waals surface area (Å²) in [5.41, 5.74) is 14.2. The second-order valence-electron chi connectivity index (χ2n) is 5.12. The maximum Gasteiger partial charge on any atom is 0.144 e. The van der Waals surface area contributed by atoms with Crippen LogP contribution in [0.15, 0.2) is 41.4 Å². The van der Waals surface area contributed by atoms with Gasteiger partial charge in [0.2, 0.25) is 0 Å². The highest BCUT2D eigenvalue weighted by molar-refractivity contribution is 5.97. The summed E-state index contributed by atoms with van der Waals surface area (Å²) in [6.45, 7) is 4.90. The third kappa shape index (κ3) is 5.79. The van der Waals surface area contributed by atoms with Crippen molar-refractivity contribution in [1.29, 1.82) is 0 Å². The van der Waals surface area contributed by atoms with E-state index in [1.807, 2.05) is 19.1 Å². The molecule has 5 heteroatoms. The van der Waals surface area contributed by atoms with E-state index in [9.17, 15) is 4.39 Å². The minimum absolute atomic E-state index is 0.263. The number of aromatic nitrogens is 1. The number of hydrogen-bond acceptors (Lipinski definition) is 3. The Morgan fingerprint density at radius 1 is 1.17 bits per heavy atom. The number of halogens is 1. The van der Waals surface area contributed by atoms with Gasteiger partial charge in [-0.3, -0.25) is 4.99 Å². The van der Waals surface area contributed by atoms with Crippen LogP contribution in [0.2, 0.25) is 0 Å². The lowest BCUT2D eigenvalue weighted by molar-refractivity contribution is 0.628. The third-order valence-corrected chi connectivity index (χ3v) is 3.28. The van der Waals surface area contributed by atoms with E-state index in [-0.39, 0.29) is 5.82 Å². The van der Waals surface area contributed by atoms with E-state index in [2.05, 4.69) is 16.9 Å². The van der Waals surface area contributed by atoms with Crippen LogP contribution in [0.3, 0.4) is 0 Å². The Labute approximate surface area is 137 Å². The molecular weight excluding hydrogens is 291 g/mol. The lowest BCUT2D eigenvalue weighted by atomic mass is 10.1. The number of pyridine rings is 1. The van der Waals surface area contributed by atoms with Crippen LogP contribution < -0.4 is 11.5 Å². The number of benzene rings is 1. The maximum atomic E-state index is 12.9. The number of nitrogens with zero attached hydrogens (tertiary/aromatic N) is 2. The summed E-state index contributed by atoms with van der Waals surface area (Å²) in [5.74, 6) is 0.136. The van der Waals surface area contributed by atoms with Crippen LogP contribution in [0.5, 0.6) is 0 Å². The summed E-state index contributed by atoms with van der Waals surface area (Å²) in [7, 11) is 1.63.